The van der Waals surface area contributed by atoms with Gasteiger partial charge in [-0.25, -0.2) is 0 Å². The largest absolute Gasteiger partial charge is 0.394 e. The molecule has 1 amide bonds. The van der Waals surface area contributed by atoms with E-state index in [0.717, 1.165) is 25.7 Å². The Hall–Kier alpha value is -1.13. The lowest BCUT2D eigenvalue weighted by atomic mass is 10.1. The van der Waals surface area contributed by atoms with Crippen LogP contribution in [0.2, 0.25) is 0 Å². The van der Waals surface area contributed by atoms with Gasteiger partial charge in [-0.05, 0) is 44.9 Å². The molecule has 2 unspecified atom stereocenters. The molecule has 0 saturated carbocycles. The Kier molecular flexibility index (Phi) is 32.5. The second kappa shape index (κ2) is 33.4. The van der Waals surface area contributed by atoms with Crippen LogP contribution in [0.5, 0.6) is 0 Å². The molecule has 3 N–H and O–H groups in total. The van der Waals surface area contributed by atoms with Crippen LogP contribution >= 0.6 is 0 Å². The van der Waals surface area contributed by atoms with E-state index in [1.165, 1.54) is 141 Å². The molecule has 0 bridgehead atoms. The number of aliphatic hydroxyl groups is 2. The van der Waals surface area contributed by atoms with Crippen LogP contribution in [-0.2, 0) is 4.79 Å². The predicted molar refractivity (Wildman–Crippen MR) is 179 cm³/mol. The first-order valence-corrected chi connectivity index (χ1v) is 18.1. The second-order valence-electron chi connectivity index (χ2n) is 12.3. The maximum Gasteiger partial charge on any atom is 0.220 e. The lowest BCUT2D eigenvalue weighted by Gasteiger charge is -2.20. The summed E-state index contributed by atoms with van der Waals surface area (Å²) in [6.07, 6.45) is 41.2. The van der Waals surface area contributed by atoms with Gasteiger partial charge in [-0.3, -0.25) is 4.79 Å². The molecule has 0 fully saturated rings. The molecule has 0 saturated heterocycles. The number of nitrogens with one attached hydrogen (secondary N) is 1. The van der Waals surface area contributed by atoms with Gasteiger partial charge in [-0.1, -0.05) is 160 Å². The zero-order chi connectivity index (χ0) is 30.1. The van der Waals surface area contributed by atoms with E-state index in [2.05, 4.69) is 31.3 Å². The van der Waals surface area contributed by atoms with Gasteiger partial charge in [0.05, 0.1) is 18.8 Å². The number of allylic oxidation sites excluding steroid dienone is 3. The summed E-state index contributed by atoms with van der Waals surface area (Å²) in [5.74, 6) is -0.0710. The van der Waals surface area contributed by atoms with Crippen LogP contribution in [0.25, 0.3) is 0 Å². The Labute approximate surface area is 256 Å². The Morgan fingerprint density at radius 1 is 0.561 bits per heavy atom. The number of unbranched alkanes of at least 4 members (excludes halogenated alkanes) is 23. The highest BCUT2D eigenvalue weighted by atomic mass is 16.3. The van der Waals surface area contributed by atoms with Crippen molar-refractivity contribution >= 4 is 5.91 Å². The van der Waals surface area contributed by atoms with Crippen LogP contribution in [0, 0.1) is 0 Å². The van der Waals surface area contributed by atoms with Gasteiger partial charge in [0.2, 0.25) is 5.91 Å². The van der Waals surface area contributed by atoms with Gasteiger partial charge in [0, 0.05) is 6.42 Å². The monoisotopic (exact) mass is 578 g/mol. The van der Waals surface area contributed by atoms with E-state index in [1.807, 2.05) is 6.08 Å². The third-order valence-corrected chi connectivity index (χ3v) is 8.18. The van der Waals surface area contributed by atoms with Crippen LogP contribution < -0.4 is 5.32 Å². The first-order valence-electron chi connectivity index (χ1n) is 18.1. The number of hydrogen-bond donors (Lipinski definition) is 3. The molecule has 242 valence electrons. The van der Waals surface area contributed by atoms with Gasteiger partial charge in [-0.2, -0.15) is 0 Å². The SMILES string of the molecule is CCCCCCCCCC/C=C\CCCCCCCCCC(=O)NC(CO)C(O)/C=C/CCCCCCCCCC. The van der Waals surface area contributed by atoms with Crippen molar-refractivity contribution < 1.29 is 15.0 Å². The third kappa shape index (κ3) is 30.1. The van der Waals surface area contributed by atoms with Crippen molar-refractivity contribution in [1.82, 2.24) is 5.32 Å². The van der Waals surface area contributed by atoms with Crippen molar-refractivity contribution in [3.8, 4) is 0 Å². The summed E-state index contributed by atoms with van der Waals surface area (Å²) < 4.78 is 0. The number of carbonyl (C=O) groups is 1. The van der Waals surface area contributed by atoms with Crippen molar-refractivity contribution in [3.63, 3.8) is 0 Å². The number of aliphatic hydroxyl groups excluding tert-OH is 2. The van der Waals surface area contributed by atoms with Crippen LogP contribution in [0.1, 0.15) is 187 Å². The average Bonchev–Trinajstić information content (AvgIpc) is 2.97. The molecule has 0 aliphatic heterocycles. The van der Waals surface area contributed by atoms with E-state index in [9.17, 15) is 15.0 Å². The molecule has 41 heavy (non-hydrogen) atoms. The maximum atomic E-state index is 12.3. The molecule has 4 nitrogen and oxygen atoms in total. The van der Waals surface area contributed by atoms with Crippen molar-refractivity contribution in [1.29, 1.82) is 0 Å². The van der Waals surface area contributed by atoms with E-state index < -0.39 is 12.1 Å². The Morgan fingerprint density at radius 3 is 1.34 bits per heavy atom. The van der Waals surface area contributed by atoms with Gasteiger partial charge in [0.1, 0.15) is 0 Å². The summed E-state index contributed by atoms with van der Waals surface area (Å²) in [4.78, 5) is 12.3. The lowest BCUT2D eigenvalue weighted by Crippen LogP contribution is -2.45. The van der Waals surface area contributed by atoms with Crippen LogP contribution in [0.3, 0.4) is 0 Å². The summed E-state index contributed by atoms with van der Waals surface area (Å²) in [6, 6.07) is -0.619. The molecule has 0 radical (unpaired) electrons. The maximum absolute atomic E-state index is 12.3. The predicted octanol–water partition coefficient (Wildman–Crippen LogP) is 10.5. The number of carbonyl (C=O) groups excluding carboxylic acids is 1. The quantitative estimate of drug-likeness (QED) is 0.0550. The van der Waals surface area contributed by atoms with E-state index in [4.69, 9.17) is 0 Å². The molecular weight excluding hydrogens is 506 g/mol. The molecule has 0 aromatic carbocycles. The average molecular weight is 578 g/mol. The molecule has 0 heterocycles. The van der Waals surface area contributed by atoms with Gasteiger partial charge < -0.3 is 15.5 Å². The Morgan fingerprint density at radius 2 is 0.927 bits per heavy atom. The smallest absolute Gasteiger partial charge is 0.220 e. The molecule has 0 aromatic heterocycles. The minimum Gasteiger partial charge on any atom is -0.394 e. The van der Waals surface area contributed by atoms with Crippen molar-refractivity contribution in [2.75, 3.05) is 6.61 Å². The van der Waals surface area contributed by atoms with Gasteiger partial charge in [-0.15, -0.1) is 0 Å². The Bertz CT molecular complexity index is 589. The second-order valence-corrected chi connectivity index (χ2v) is 12.3. The minimum atomic E-state index is -0.835. The standard InChI is InChI=1S/C37H71NO3/c1-3-5-7-9-11-13-15-16-17-18-19-20-21-22-23-25-27-29-31-33-37(41)38-35(34-39)36(40)32-30-28-26-24-14-12-10-8-6-4-2/h18-19,30,32,35-36,39-40H,3-17,20-29,31,33-34H2,1-2H3,(H,38,41)/b19-18-,32-30+. The summed E-state index contributed by atoms with van der Waals surface area (Å²) in [6.45, 7) is 4.28. The van der Waals surface area contributed by atoms with Gasteiger partial charge in [0.15, 0.2) is 0 Å². The van der Waals surface area contributed by atoms with Gasteiger partial charge in [0.25, 0.3) is 0 Å². The highest BCUT2D eigenvalue weighted by Gasteiger charge is 2.17. The number of amides is 1. The fourth-order valence-electron chi connectivity index (χ4n) is 5.35. The van der Waals surface area contributed by atoms with Crippen LogP contribution in [0.15, 0.2) is 24.3 Å². The fourth-order valence-corrected chi connectivity index (χ4v) is 5.35. The Balaban J connectivity index is 3.59. The van der Waals surface area contributed by atoms with E-state index in [1.54, 1.807) is 6.08 Å². The first-order chi connectivity index (χ1) is 20.2. The summed E-state index contributed by atoms with van der Waals surface area (Å²) in [7, 11) is 0. The topological polar surface area (TPSA) is 69.6 Å². The molecule has 0 aromatic rings. The van der Waals surface area contributed by atoms with E-state index >= 15 is 0 Å². The van der Waals surface area contributed by atoms with Crippen LogP contribution in [-0.4, -0.2) is 34.9 Å². The van der Waals surface area contributed by atoms with E-state index in [0.29, 0.717) is 6.42 Å². The minimum absolute atomic E-state index is 0.0710. The summed E-state index contributed by atoms with van der Waals surface area (Å²) in [5, 5.41) is 22.8. The summed E-state index contributed by atoms with van der Waals surface area (Å²) in [5.41, 5.74) is 0. The van der Waals surface area contributed by atoms with Crippen LogP contribution in [0.4, 0.5) is 0 Å². The zero-order valence-corrected chi connectivity index (χ0v) is 27.6. The van der Waals surface area contributed by atoms with Crippen molar-refractivity contribution in [2.45, 2.75) is 199 Å². The zero-order valence-electron chi connectivity index (χ0n) is 27.6. The first kappa shape index (κ1) is 39.9. The number of rotatable bonds is 32. The van der Waals surface area contributed by atoms with Crippen molar-refractivity contribution in [3.05, 3.63) is 24.3 Å². The van der Waals surface area contributed by atoms with Crippen molar-refractivity contribution in [2.24, 2.45) is 0 Å². The van der Waals surface area contributed by atoms with E-state index in [-0.39, 0.29) is 12.5 Å². The highest BCUT2D eigenvalue weighted by Crippen LogP contribution is 2.13. The van der Waals surface area contributed by atoms with Gasteiger partial charge >= 0.3 is 0 Å². The lowest BCUT2D eigenvalue weighted by molar-refractivity contribution is -0.123. The molecule has 0 aliphatic carbocycles. The fraction of sp³-hybridized carbons (Fsp3) is 0.865. The molecule has 0 spiro atoms. The molecule has 4 heteroatoms. The normalized spacial score (nSPS) is 13.4. The number of hydrogen-bond acceptors (Lipinski definition) is 3. The molecule has 2 atom stereocenters. The highest BCUT2D eigenvalue weighted by molar-refractivity contribution is 5.76. The third-order valence-electron chi connectivity index (χ3n) is 8.18. The molecule has 0 rings (SSSR count). The molecule has 0 aliphatic rings. The summed E-state index contributed by atoms with van der Waals surface area (Å²) >= 11 is 0. The molecular formula is C37H71NO3.